The van der Waals surface area contributed by atoms with Crippen LogP contribution in [0.5, 0.6) is 5.88 Å². The monoisotopic (exact) mass is 720 g/mol. The van der Waals surface area contributed by atoms with Crippen LogP contribution in [-0.2, 0) is 13.5 Å². The molecule has 3 aromatic heterocycles. The number of ether oxygens (including phenoxy) is 1. The highest BCUT2D eigenvalue weighted by Crippen LogP contribution is 2.47. The van der Waals surface area contributed by atoms with Crippen LogP contribution >= 0.6 is 11.6 Å². The summed E-state index contributed by atoms with van der Waals surface area (Å²) in [5.74, 6) is 1.07. The van der Waals surface area contributed by atoms with E-state index in [9.17, 15) is 14.7 Å². The summed E-state index contributed by atoms with van der Waals surface area (Å²) in [5.41, 5.74) is 6.94. The van der Waals surface area contributed by atoms with E-state index in [1.807, 2.05) is 43.3 Å². The Morgan fingerprint density at radius 1 is 1.10 bits per heavy atom. The first-order valence-electron chi connectivity index (χ1n) is 17.7. The molecule has 0 saturated carbocycles. The Balaban J connectivity index is 1.08. The number of nitrogens with zero attached hydrogens (tertiary/aromatic N) is 6. The fourth-order valence-electron chi connectivity index (χ4n) is 8.27. The summed E-state index contributed by atoms with van der Waals surface area (Å²) in [6.07, 6.45) is 6.90. The SMILES string of the molecule is COc1nc(-c2cccc(-c3cccc(Nc4nccc5cnn(C)c(=O)c45)c3C)c2Cl)cc2c1C(N1CCC3(CCN(CCO)C(=O)N3)C1)CC2. The van der Waals surface area contributed by atoms with E-state index in [0.717, 1.165) is 78.0 Å². The van der Waals surface area contributed by atoms with E-state index >= 15 is 0 Å². The third-order valence-electron chi connectivity index (χ3n) is 11.0. The molecule has 1 spiro atoms. The average Bonchev–Trinajstić information content (AvgIpc) is 3.76. The highest BCUT2D eigenvalue weighted by atomic mass is 35.5. The van der Waals surface area contributed by atoms with Crippen LogP contribution in [-0.4, -0.2) is 86.1 Å². The highest BCUT2D eigenvalue weighted by molar-refractivity contribution is 6.36. The largest absolute Gasteiger partial charge is 0.481 e. The molecule has 268 valence electrons. The van der Waals surface area contributed by atoms with Crippen molar-refractivity contribution in [3.05, 3.63) is 93.0 Å². The first-order valence-corrected chi connectivity index (χ1v) is 18.0. The van der Waals surface area contributed by atoms with Gasteiger partial charge in [-0.05, 0) is 67.5 Å². The smallest absolute Gasteiger partial charge is 0.317 e. The van der Waals surface area contributed by atoms with Crippen LogP contribution in [0.15, 0.2) is 65.7 Å². The Morgan fingerprint density at radius 2 is 1.88 bits per heavy atom. The van der Waals surface area contributed by atoms with Gasteiger partial charge in [-0.2, -0.15) is 5.10 Å². The lowest BCUT2D eigenvalue weighted by atomic mass is 9.92. The number of rotatable bonds is 8. The highest BCUT2D eigenvalue weighted by Gasteiger charge is 2.46. The number of urea groups is 1. The number of hydrogen-bond acceptors (Lipinski definition) is 9. The molecule has 5 aromatic rings. The molecular formula is C39H41ClN8O4. The molecule has 2 fully saturated rings. The van der Waals surface area contributed by atoms with Crippen LogP contribution in [0.4, 0.5) is 16.3 Å². The molecule has 3 aliphatic rings. The molecule has 3 N–H and O–H groups in total. The lowest BCUT2D eigenvalue weighted by molar-refractivity contribution is 0.127. The number of aryl methyl sites for hydroxylation is 2. The average molecular weight is 721 g/mol. The van der Waals surface area contributed by atoms with E-state index in [1.54, 1.807) is 37.5 Å². The van der Waals surface area contributed by atoms with Gasteiger partial charge in [0.15, 0.2) is 0 Å². The van der Waals surface area contributed by atoms with Crippen molar-refractivity contribution in [3.63, 3.8) is 0 Å². The minimum absolute atomic E-state index is 0.0346. The number of carbonyl (C=O) groups excluding carboxylic acids is 1. The van der Waals surface area contributed by atoms with E-state index < -0.39 is 0 Å². The molecule has 2 aromatic carbocycles. The second-order valence-corrected chi connectivity index (χ2v) is 14.4. The van der Waals surface area contributed by atoms with Crippen molar-refractivity contribution >= 4 is 39.9 Å². The number of amides is 2. The standard InChI is InChI=1S/C39H41ClN8O4/c1-23-26(6-5-9-29(23)43-35-33-25(12-15-41-35)21-42-46(2)37(33)50)27-7-4-8-28(34(27)40)30-20-24-10-11-31(32(24)36(44-30)52-3)48-17-14-39(22-48)13-16-47(18-19-49)38(51)45-39/h4-9,12,15,20-21,31,49H,10-11,13-14,16-19,22H2,1-3H3,(H,41,43)(H,45,51). The summed E-state index contributed by atoms with van der Waals surface area (Å²) in [5, 5.41) is 21.9. The summed E-state index contributed by atoms with van der Waals surface area (Å²) in [4.78, 5) is 39.5. The predicted octanol–water partition coefficient (Wildman–Crippen LogP) is 5.61. The van der Waals surface area contributed by atoms with Gasteiger partial charge >= 0.3 is 6.03 Å². The second kappa shape index (κ2) is 13.5. The van der Waals surface area contributed by atoms with Crippen LogP contribution in [0.3, 0.4) is 0 Å². The van der Waals surface area contributed by atoms with Crippen LogP contribution < -0.4 is 20.9 Å². The maximum Gasteiger partial charge on any atom is 0.317 e. The van der Waals surface area contributed by atoms with Crippen molar-refractivity contribution in [2.45, 2.75) is 44.2 Å². The van der Waals surface area contributed by atoms with E-state index in [2.05, 4.69) is 31.7 Å². The summed E-state index contributed by atoms with van der Waals surface area (Å²) in [7, 11) is 3.29. The van der Waals surface area contributed by atoms with Gasteiger partial charge in [0.05, 0.1) is 41.6 Å². The summed E-state index contributed by atoms with van der Waals surface area (Å²) >= 11 is 7.26. The van der Waals surface area contributed by atoms with Crippen molar-refractivity contribution in [3.8, 4) is 28.3 Å². The topological polar surface area (TPSA) is 138 Å². The Kier molecular flexibility index (Phi) is 8.84. The van der Waals surface area contributed by atoms with E-state index in [4.69, 9.17) is 21.3 Å². The van der Waals surface area contributed by atoms with Gasteiger partial charge in [0, 0.05) is 73.2 Å². The minimum atomic E-state index is -0.259. The molecule has 13 heteroatoms. The van der Waals surface area contributed by atoms with Crippen molar-refractivity contribution in [2.24, 2.45) is 7.05 Å². The molecule has 8 rings (SSSR count). The van der Waals surface area contributed by atoms with Gasteiger partial charge in [0.25, 0.3) is 5.56 Å². The number of β-amino-alcohol motifs (C(OH)–C–C–N with tert-alkyl or cyclic N) is 1. The molecule has 0 radical (unpaired) electrons. The van der Waals surface area contributed by atoms with Crippen LogP contribution in [0.1, 0.15) is 42.0 Å². The van der Waals surface area contributed by atoms with Gasteiger partial charge in [-0.1, -0.05) is 41.9 Å². The van der Waals surface area contributed by atoms with Crippen LogP contribution in [0, 0.1) is 6.92 Å². The number of anilines is 2. The molecule has 0 bridgehead atoms. The number of likely N-dealkylation sites (tertiary alicyclic amines) is 1. The number of hydrogen-bond donors (Lipinski definition) is 3. The normalized spacial score (nSPS) is 20.1. The number of halogens is 1. The number of nitrogens with one attached hydrogen (secondary N) is 2. The number of aliphatic hydroxyl groups excluding tert-OH is 1. The third kappa shape index (κ3) is 5.84. The molecule has 2 unspecified atom stereocenters. The molecule has 2 aliphatic heterocycles. The van der Waals surface area contributed by atoms with E-state index in [-0.39, 0.29) is 29.8 Å². The number of benzene rings is 2. The van der Waals surface area contributed by atoms with Crippen molar-refractivity contribution in [2.75, 3.05) is 45.2 Å². The molecule has 5 heterocycles. The number of aromatic nitrogens is 4. The molecule has 52 heavy (non-hydrogen) atoms. The third-order valence-corrected chi connectivity index (χ3v) is 11.5. The maximum atomic E-state index is 13.0. The zero-order valence-corrected chi connectivity index (χ0v) is 30.2. The maximum absolute atomic E-state index is 13.0. The number of carbonyl (C=O) groups is 1. The second-order valence-electron chi connectivity index (χ2n) is 14.0. The molecule has 2 saturated heterocycles. The first-order chi connectivity index (χ1) is 25.2. The van der Waals surface area contributed by atoms with Gasteiger partial charge in [-0.3, -0.25) is 9.69 Å². The fraction of sp³-hybridized carbons (Fsp3) is 0.359. The fourth-order valence-corrected chi connectivity index (χ4v) is 8.59. The quantitative estimate of drug-likeness (QED) is 0.187. The van der Waals surface area contributed by atoms with Gasteiger partial charge in [-0.15, -0.1) is 0 Å². The number of pyridine rings is 2. The number of aliphatic hydroxyl groups is 1. The van der Waals surface area contributed by atoms with Gasteiger partial charge in [0.1, 0.15) is 5.82 Å². The van der Waals surface area contributed by atoms with Gasteiger partial charge in [-0.25, -0.2) is 19.4 Å². The Bertz CT molecular complexity index is 2280. The minimum Gasteiger partial charge on any atom is -0.481 e. The zero-order valence-electron chi connectivity index (χ0n) is 29.4. The summed E-state index contributed by atoms with van der Waals surface area (Å²) in [6, 6.07) is 15.9. The molecule has 1 aliphatic carbocycles. The zero-order chi connectivity index (χ0) is 36.1. The van der Waals surface area contributed by atoms with Crippen LogP contribution in [0.2, 0.25) is 5.02 Å². The van der Waals surface area contributed by atoms with E-state index in [1.165, 1.54) is 10.2 Å². The van der Waals surface area contributed by atoms with Crippen molar-refractivity contribution in [1.82, 2.24) is 34.9 Å². The first kappa shape index (κ1) is 34.1. The number of fused-ring (bicyclic) bond motifs is 2. The van der Waals surface area contributed by atoms with E-state index in [0.29, 0.717) is 40.6 Å². The summed E-state index contributed by atoms with van der Waals surface area (Å²) < 4.78 is 7.28. The van der Waals surface area contributed by atoms with Gasteiger partial charge in [0.2, 0.25) is 5.88 Å². The molecule has 2 atom stereocenters. The lowest BCUT2D eigenvalue weighted by Crippen LogP contribution is -2.61. The predicted molar refractivity (Wildman–Crippen MR) is 201 cm³/mol. The molecule has 2 amide bonds. The summed E-state index contributed by atoms with van der Waals surface area (Å²) in [6.45, 7) is 4.64. The molecular weight excluding hydrogens is 680 g/mol. The van der Waals surface area contributed by atoms with Gasteiger partial charge < -0.3 is 25.4 Å². The number of methoxy groups -OCH3 is 1. The Hall–Kier alpha value is -5.04. The van der Waals surface area contributed by atoms with Crippen molar-refractivity contribution < 1.29 is 14.6 Å². The van der Waals surface area contributed by atoms with Crippen LogP contribution in [0.25, 0.3) is 33.2 Å². The lowest BCUT2D eigenvalue weighted by Gasteiger charge is -2.40. The Morgan fingerprint density at radius 3 is 2.69 bits per heavy atom. The molecule has 12 nitrogen and oxygen atoms in total. The van der Waals surface area contributed by atoms with Crippen molar-refractivity contribution in [1.29, 1.82) is 0 Å². The Labute approximate surface area is 306 Å².